The Labute approximate surface area is 208 Å². The van der Waals surface area contributed by atoms with Crippen LogP contribution in [0.2, 0.25) is 0 Å². The van der Waals surface area contributed by atoms with Gasteiger partial charge in [0.25, 0.3) is 0 Å². The molecule has 188 valence electrons. The quantitative estimate of drug-likeness (QED) is 0.710. The molecule has 1 N–H and O–H groups in total. The Morgan fingerprint density at radius 2 is 1.71 bits per heavy atom. The number of piperidine rings is 1. The lowest BCUT2D eigenvalue weighted by atomic mass is 9.93. The molecule has 1 atom stereocenters. The average molecular weight is 480 g/mol. The van der Waals surface area contributed by atoms with E-state index in [9.17, 15) is 4.79 Å². The number of carbonyl (C=O) groups is 1. The highest BCUT2D eigenvalue weighted by atomic mass is 16.5. The third-order valence-corrected chi connectivity index (χ3v) is 7.21. The minimum Gasteiger partial charge on any atom is -0.493 e. The minimum atomic E-state index is -0.236. The number of carbonyl (C=O) groups excluding carboxylic acids is 1. The van der Waals surface area contributed by atoms with Crippen LogP contribution in [0.15, 0.2) is 41.5 Å². The molecule has 4 rings (SSSR count). The summed E-state index contributed by atoms with van der Waals surface area (Å²) in [5.74, 6) is 1.31. The van der Waals surface area contributed by atoms with Gasteiger partial charge in [-0.15, -0.1) is 0 Å². The number of ether oxygens (including phenoxy) is 2. The highest BCUT2D eigenvalue weighted by Crippen LogP contribution is 2.35. The molecule has 1 fully saturated rings. The van der Waals surface area contributed by atoms with Gasteiger partial charge in [-0.1, -0.05) is 12.1 Å². The van der Waals surface area contributed by atoms with E-state index in [0.29, 0.717) is 24.0 Å². The van der Waals surface area contributed by atoms with Gasteiger partial charge in [0, 0.05) is 37.0 Å². The largest absolute Gasteiger partial charge is 0.493 e. The number of nitrogens with one attached hydrogen (secondary N) is 1. The van der Waals surface area contributed by atoms with Crippen LogP contribution in [0.3, 0.4) is 0 Å². The van der Waals surface area contributed by atoms with Crippen molar-refractivity contribution in [2.24, 2.45) is 5.10 Å². The van der Waals surface area contributed by atoms with Crippen molar-refractivity contribution < 1.29 is 14.3 Å². The molecule has 2 aromatic rings. The Morgan fingerprint density at radius 1 is 1.09 bits per heavy atom. The van der Waals surface area contributed by atoms with E-state index in [4.69, 9.17) is 14.6 Å². The summed E-state index contributed by atoms with van der Waals surface area (Å²) in [5.41, 5.74) is 4.87. The van der Waals surface area contributed by atoms with Gasteiger partial charge in [0.15, 0.2) is 11.5 Å². The lowest BCUT2D eigenvalue weighted by Gasteiger charge is -2.36. The van der Waals surface area contributed by atoms with Crippen molar-refractivity contribution in [3.8, 4) is 11.5 Å². The first-order chi connectivity index (χ1) is 16.9. The van der Waals surface area contributed by atoms with E-state index >= 15 is 0 Å². The molecular weight excluding hydrogens is 442 g/mol. The topological polar surface area (TPSA) is 69.6 Å². The van der Waals surface area contributed by atoms with E-state index in [1.54, 1.807) is 21.3 Å². The number of hydrogen-bond donors (Lipinski definition) is 1. The lowest BCUT2D eigenvalue weighted by Crippen LogP contribution is -2.42. The summed E-state index contributed by atoms with van der Waals surface area (Å²) in [4.78, 5) is 17.5. The third kappa shape index (κ3) is 5.07. The molecule has 0 aliphatic carbocycles. The number of methoxy groups -OCH3 is 2. The standard InChI is InChI=1S/C27H37N5O3/c1-18-15-20-16-24(34-5)25(35-6)17-23(20)26(29-32(18)27(33)28-2)19-7-9-21(10-8-19)31(4)22-11-13-30(3)14-12-22/h7-10,16-18,22H,11-15H2,1-6H3,(H,28,33)/t18-/m1/s1. The average Bonchev–Trinajstić information content (AvgIpc) is 3.03. The Balaban J connectivity index is 1.73. The van der Waals surface area contributed by atoms with Crippen LogP contribution in [0, 0.1) is 0 Å². The number of hydrogen-bond acceptors (Lipinski definition) is 6. The van der Waals surface area contributed by atoms with Crippen molar-refractivity contribution in [3.05, 3.63) is 53.1 Å². The molecule has 2 aliphatic heterocycles. The first-order valence-corrected chi connectivity index (χ1v) is 12.2. The smallest absolute Gasteiger partial charge is 0.337 e. The van der Waals surface area contributed by atoms with Crippen LogP contribution in [0.5, 0.6) is 11.5 Å². The van der Waals surface area contributed by atoms with Crippen molar-refractivity contribution in [1.29, 1.82) is 0 Å². The van der Waals surface area contributed by atoms with Gasteiger partial charge in [0.2, 0.25) is 0 Å². The van der Waals surface area contributed by atoms with Crippen LogP contribution in [-0.2, 0) is 6.42 Å². The van der Waals surface area contributed by atoms with Crippen molar-refractivity contribution in [2.75, 3.05) is 53.4 Å². The predicted octanol–water partition coefficient (Wildman–Crippen LogP) is 3.57. The predicted molar refractivity (Wildman–Crippen MR) is 140 cm³/mol. The minimum absolute atomic E-state index is 0.126. The summed E-state index contributed by atoms with van der Waals surface area (Å²) in [5, 5.41) is 9.12. The highest BCUT2D eigenvalue weighted by molar-refractivity contribution is 6.14. The highest BCUT2D eigenvalue weighted by Gasteiger charge is 2.28. The SMILES string of the molecule is CNC(=O)N1N=C(c2ccc(N(C)C3CCN(C)CC3)cc2)c2cc(OC)c(OC)cc2C[C@H]1C. The summed E-state index contributed by atoms with van der Waals surface area (Å²) < 4.78 is 11.1. The molecule has 2 aromatic carbocycles. The Kier molecular flexibility index (Phi) is 7.50. The van der Waals surface area contributed by atoms with Crippen molar-refractivity contribution >= 4 is 17.4 Å². The number of nitrogens with zero attached hydrogens (tertiary/aromatic N) is 4. The number of fused-ring (bicyclic) bond motifs is 1. The fraction of sp³-hybridized carbons (Fsp3) is 0.481. The Morgan fingerprint density at radius 3 is 2.31 bits per heavy atom. The van der Waals surface area contributed by atoms with Crippen molar-refractivity contribution in [1.82, 2.24) is 15.2 Å². The summed E-state index contributed by atoms with van der Waals surface area (Å²) >= 11 is 0. The monoisotopic (exact) mass is 479 g/mol. The van der Waals surface area contributed by atoms with Crippen LogP contribution in [-0.4, -0.2) is 82.2 Å². The van der Waals surface area contributed by atoms with Crippen LogP contribution in [0.4, 0.5) is 10.5 Å². The van der Waals surface area contributed by atoms with E-state index < -0.39 is 0 Å². The van der Waals surface area contributed by atoms with Gasteiger partial charge in [0.05, 0.1) is 26.0 Å². The van der Waals surface area contributed by atoms with E-state index in [1.807, 2.05) is 19.1 Å². The summed E-state index contributed by atoms with van der Waals surface area (Å²) in [7, 11) is 9.25. The van der Waals surface area contributed by atoms with E-state index in [2.05, 4.69) is 53.5 Å². The van der Waals surface area contributed by atoms with Gasteiger partial charge < -0.3 is 24.6 Å². The number of likely N-dealkylation sites (tertiary alicyclic amines) is 1. The maximum Gasteiger partial charge on any atom is 0.337 e. The maximum absolute atomic E-state index is 12.7. The van der Waals surface area contributed by atoms with Gasteiger partial charge >= 0.3 is 6.03 Å². The third-order valence-electron chi connectivity index (χ3n) is 7.21. The van der Waals surface area contributed by atoms with Crippen molar-refractivity contribution in [2.45, 2.75) is 38.3 Å². The number of benzene rings is 2. The van der Waals surface area contributed by atoms with E-state index in [-0.39, 0.29) is 12.1 Å². The first kappa shape index (κ1) is 24.9. The zero-order chi connectivity index (χ0) is 25.1. The number of urea groups is 1. The molecule has 0 aromatic heterocycles. The molecule has 0 saturated carbocycles. The number of rotatable bonds is 5. The molecule has 0 radical (unpaired) electrons. The number of hydrazone groups is 1. The van der Waals surface area contributed by atoms with Gasteiger partial charge in [-0.3, -0.25) is 0 Å². The first-order valence-electron chi connectivity index (χ1n) is 12.2. The van der Waals surface area contributed by atoms with E-state index in [1.165, 1.54) is 10.7 Å². The zero-order valence-electron chi connectivity index (χ0n) is 21.7. The molecule has 0 unspecified atom stereocenters. The normalized spacial score (nSPS) is 18.9. The summed E-state index contributed by atoms with van der Waals surface area (Å²) in [6.45, 7) is 4.25. The van der Waals surface area contributed by atoms with Crippen molar-refractivity contribution in [3.63, 3.8) is 0 Å². The fourth-order valence-electron chi connectivity index (χ4n) is 5.00. The molecule has 35 heavy (non-hydrogen) atoms. The van der Waals surface area contributed by atoms with Crippen LogP contribution >= 0.6 is 0 Å². The second-order valence-electron chi connectivity index (χ2n) is 9.46. The summed E-state index contributed by atoms with van der Waals surface area (Å²) in [6.07, 6.45) is 2.97. The second kappa shape index (κ2) is 10.6. The van der Waals surface area contributed by atoms with E-state index in [0.717, 1.165) is 48.3 Å². The molecule has 2 aliphatic rings. The molecule has 8 heteroatoms. The number of amides is 2. The molecular formula is C27H37N5O3. The molecule has 2 amide bonds. The zero-order valence-corrected chi connectivity index (χ0v) is 21.7. The van der Waals surface area contributed by atoms with Crippen LogP contribution in [0.1, 0.15) is 36.5 Å². The van der Waals surface area contributed by atoms with Gasteiger partial charge in [0.1, 0.15) is 0 Å². The molecule has 2 heterocycles. The van der Waals surface area contributed by atoms with Crippen LogP contribution < -0.4 is 19.7 Å². The Hall–Kier alpha value is -3.26. The van der Waals surface area contributed by atoms with Gasteiger partial charge in [-0.2, -0.15) is 5.10 Å². The van der Waals surface area contributed by atoms with Gasteiger partial charge in [-0.25, -0.2) is 9.80 Å². The van der Waals surface area contributed by atoms with Crippen LogP contribution in [0.25, 0.3) is 0 Å². The fourth-order valence-corrected chi connectivity index (χ4v) is 5.00. The number of anilines is 1. The van der Waals surface area contributed by atoms with Gasteiger partial charge in [-0.05, 0) is 76.2 Å². The maximum atomic E-state index is 12.7. The molecule has 8 nitrogen and oxygen atoms in total. The lowest BCUT2D eigenvalue weighted by molar-refractivity contribution is 0.184. The molecule has 1 saturated heterocycles. The Bertz CT molecular complexity index is 1080. The molecule has 0 spiro atoms. The summed E-state index contributed by atoms with van der Waals surface area (Å²) in [6, 6.07) is 12.6. The molecule has 0 bridgehead atoms. The second-order valence-corrected chi connectivity index (χ2v) is 9.46.